The smallest absolute Gasteiger partial charge is 0.407 e. The molecule has 4 heteroatoms. The Morgan fingerprint density at radius 1 is 1.29 bits per heavy atom. The number of likely N-dealkylation sites (tertiary alicyclic amines) is 1. The maximum absolute atomic E-state index is 11.5. The molecule has 1 fully saturated rings. The summed E-state index contributed by atoms with van der Waals surface area (Å²) < 4.78 is 4.94. The lowest BCUT2D eigenvalue weighted by molar-refractivity contribution is -0.0176. The summed E-state index contributed by atoms with van der Waals surface area (Å²) in [7, 11) is 2.15. The standard InChI is InChI=1S/C13H26N2O2/c1-7-17-11(16)14-10-8-12(2,3)15(6)13(4,5)9-10/h10H,7-9H2,1-6H3,(H,14,16). The summed E-state index contributed by atoms with van der Waals surface area (Å²) in [5.74, 6) is 0. The summed E-state index contributed by atoms with van der Waals surface area (Å²) in [5, 5.41) is 2.96. The van der Waals surface area contributed by atoms with E-state index in [0.717, 1.165) is 12.8 Å². The van der Waals surface area contributed by atoms with Crippen molar-refractivity contribution in [3.8, 4) is 0 Å². The van der Waals surface area contributed by atoms with E-state index in [9.17, 15) is 4.79 Å². The fourth-order valence-corrected chi connectivity index (χ4v) is 2.81. The van der Waals surface area contributed by atoms with E-state index in [1.807, 2.05) is 6.92 Å². The number of rotatable bonds is 2. The van der Waals surface area contributed by atoms with Gasteiger partial charge in [-0.25, -0.2) is 4.79 Å². The molecule has 0 saturated carbocycles. The van der Waals surface area contributed by atoms with Crippen LogP contribution >= 0.6 is 0 Å². The Kier molecular flexibility index (Phi) is 4.07. The molecule has 0 aromatic heterocycles. The monoisotopic (exact) mass is 242 g/mol. The van der Waals surface area contributed by atoms with E-state index in [1.165, 1.54) is 0 Å². The third-order valence-electron chi connectivity index (χ3n) is 3.91. The van der Waals surface area contributed by atoms with Gasteiger partial charge in [-0.05, 0) is 54.5 Å². The van der Waals surface area contributed by atoms with E-state index < -0.39 is 0 Å². The molecule has 4 nitrogen and oxygen atoms in total. The topological polar surface area (TPSA) is 41.6 Å². The van der Waals surface area contributed by atoms with E-state index in [4.69, 9.17) is 4.74 Å². The second-order valence-electron chi connectivity index (χ2n) is 6.15. The molecule has 0 atom stereocenters. The van der Waals surface area contributed by atoms with Crippen LogP contribution in [0.15, 0.2) is 0 Å². The highest BCUT2D eigenvalue weighted by atomic mass is 16.5. The molecule has 1 heterocycles. The minimum atomic E-state index is -0.298. The van der Waals surface area contributed by atoms with Gasteiger partial charge >= 0.3 is 6.09 Å². The lowest BCUT2D eigenvalue weighted by Gasteiger charge is -2.53. The molecule has 1 aliphatic heterocycles. The highest BCUT2D eigenvalue weighted by molar-refractivity contribution is 5.67. The number of piperidine rings is 1. The fraction of sp³-hybridized carbons (Fsp3) is 0.923. The molecule has 0 radical (unpaired) electrons. The zero-order valence-electron chi connectivity index (χ0n) is 12.0. The number of carbonyl (C=O) groups is 1. The molecule has 0 spiro atoms. The van der Waals surface area contributed by atoms with Gasteiger partial charge < -0.3 is 10.1 Å². The largest absolute Gasteiger partial charge is 0.450 e. The predicted molar refractivity (Wildman–Crippen MR) is 69.1 cm³/mol. The maximum atomic E-state index is 11.5. The number of carbonyl (C=O) groups excluding carboxylic acids is 1. The summed E-state index contributed by atoms with van der Waals surface area (Å²) in [6.45, 7) is 11.1. The van der Waals surface area contributed by atoms with Crippen molar-refractivity contribution in [1.29, 1.82) is 0 Å². The SMILES string of the molecule is CCOC(=O)NC1CC(C)(C)N(C)C(C)(C)C1. The molecule has 1 amide bonds. The molecule has 0 unspecified atom stereocenters. The van der Waals surface area contributed by atoms with Crippen molar-refractivity contribution < 1.29 is 9.53 Å². The zero-order chi connectivity index (χ0) is 13.3. The zero-order valence-corrected chi connectivity index (χ0v) is 12.0. The van der Waals surface area contributed by atoms with Crippen LogP contribution in [0.3, 0.4) is 0 Å². The van der Waals surface area contributed by atoms with Crippen molar-refractivity contribution in [2.75, 3.05) is 13.7 Å². The van der Waals surface area contributed by atoms with E-state index in [1.54, 1.807) is 0 Å². The number of hydrogen-bond acceptors (Lipinski definition) is 3. The summed E-state index contributed by atoms with van der Waals surface area (Å²) >= 11 is 0. The molecule has 100 valence electrons. The molecule has 1 saturated heterocycles. The van der Waals surface area contributed by atoms with Crippen LogP contribution in [-0.4, -0.2) is 41.8 Å². The van der Waals surface area contributed by atoms with Crippen molar-refractivity contribution in [3.05, 3.63) is 0 Å². The first-order chi connectivity index (χ1) is 7.69. The van der Waals surface area contributed by atoms with E-state index in [0.29, 0.717) is 6.61 Å². The molecular weight excluding hydrogens is 216 g/mol. The normalized spacial score (nSPS) is 24.4. The van der Waals surface area contributed by atoms with Crippen LogP contribution in [0.4, 0.5) is 4.79 Å². The van der Waals surface area contributed by atoms with Crippen molar-refractivity contribution in [2.45, 2.75) is 64.6 Å². The first-order valence-electron chi connectivity index (χ1n) is 6.36. The van der Waals surface area contributed by atoms with Crippen molar-refractivity contribution in [3.63, 3.8) is 0 Å². The highest BCUT2D eigenvalue weighted by Crippen LogP contribution is 2.36. The van der Waals surface area contributed by atoms with Crippen molar-refractivity contribution in [2.24, 2.45) is 0 Å². The van der Waals surface area contributed by atoms with Gasteiger partial charge in [0.2, 0.25) is 0 Å². The molecule has 0 aromatic carbocycles. The van der Waals surface area contributed by atoms with Gasteiger partial charge in [-0.3, -0.25) is 4.90 Å². The Morgan fingerprint density at radius 3 is 2.18 bits per heavy atom. The lowest BCUT2D eigenvalue weighted by Crippen LogP contribution is -2.62. The van der Waals surface area contributed by atoms with E-state index >= 15 is 0 Å². The first kappa shape index (κ1) is 14.3. The Hall–Kier alpha value is -0.770. The molecule has 0 aromatic rings. The molecule has 1 aliphatic rings. The van der Waals surface area contributed by atoms with E-state index in [2.05, 4.69) is 45.0 Å². The Labute approximate surface area is 105 Å². The van der Waals surface area contributed by atoms with Crippen LogP contribution in [0.2, 0.25) is 0 Å². The Morgan fingerprint density at radius 2 is 1.76 bits per heavy atom. The van der Waals surface area contributed by atoms with Gasteiger partial charge in [-0.2, -0.15) is 0 Å². The van der Waals surface area contributed by atoms with Crippen molar-refractivity contribution in [1.82, 2.24) is 10.2 Å². The lowest BCUT2D eigenvalue weighted by atomic mass is 9.77. The number of hydrogen-bond donors (Lipinski definition) is 1. The van der Waals surface area contributed by atoms with Crippen molar-refractivity contribution >= 4 is 6.09 Å². The van der Waals surface area contributed by atoms with Gasteiger partial charge in [0.25, 0.3) is 0 Å². The minimum Gasteiger partial charge on any atom is -0.450 e. The fourth-order valence-electron chi connectivity index (χ4n) is 2.81. The minimum absolute atomic E-state index is 0.0892. The second kappa shape index (κ2) is 4.84. The Bertz CT molecular complexity index is 269. The average Bonchev–Trinajstić information content (AvgIpc) is 2.13. The highest BCUT2D eigenvalue weighted by Gasteiger charge is 2.43. The third-order valence-corrected chi connectivity index (χ3v) is 3.91. The van der Waals surface area contributed by atoms with E-state index in [-0.39, 0.29) is 23.2 Å². The summed E-state index contributed by atoms with van der Waals surface area (Å²) in [6, 6.07) is 0.190. The number of nitrogens with zero attached hydrogens (tertiary/aromatic N) is 1. The third kappa shape index (κ3) is 3.35. The average molecular weight is 242 g/mol. The van der Waals surface area contributed by atoms with Gasteiger partial charge in [0.1, 0.15) is 0 Å². The summed E-state index contributed by atoms with van der Waals surface area (Å²) in [4.78, 5) is 13.9. The molecule has 0 aliphatic carbocycles. The summed E-state index contributed by atoms with van der Waals surface area (Å²) in [5.41, 5.74) is 0.178. The van der Waals surface area contributed by atoms with Crippen LogP contribution in [0.25, 0.3) is 0 Å². The predicted octanol–water partition coefficient (Wildman–Crippen LogP) is 2.38. The van der Waals surface area contributed by atoms with Gasteiger partial charge in [0.15, 0.2) is 0 Å². The number of amides is 1. The van der Waals surface area contributed by atoms with Gasteiger partial charge in [-0.1, -0.05) is 0 Å². The molecule has 17 heavy (non-hydrogen) atoms. The quantitative estimate of drug-likeness (QED) is 0.808. The van der Waals surface area contributed by atoms with Crippen LogP contribution in [-0.2, 0) is 4.74 Å². The molecular formula is C13H26N2O2. The van der Waals surface area contributed by atoms with Gasteiger partial charge in [0.05, 0.1) is 6.61 Å². The van der Waals surface area contributed by atoms with Gasteiger partial charge in [-0.15, -0.1) is 0 Å². The number of ether oxygens (including phenoxy) is 1. The first-order valence-corrected chi connectivity index (χ1v) is 6.36. The van der Waals surface area contributed by atoms with Gasteiger partial charge in [0, 0.05) is 17.1 Å². The molecule has 0 bridgehead atoms. The maximum Gasteiger partial charge on any atom is 0.407 e. The Balaban J connectivity index is 2.68. The van der Waals surface area contributed by atoms with Crippen LogP contribution in [0.5, 0.6) is 0 Å². The number of alkyl carbamates (subject to hydrolysis) is 1. The van der Waals surface area contributed by atoms with Crippen LogP contribution in [0.1, 0.15) is 47.5 Å². The molecule has 1 rings (SSSR count). The number of nitrogens with one attached hydrogen (secondary N) is 1. The van der Waals surface area contributed by atoms with Crippen LogP contribution in [0, 0.1) is 0 Å². The van der Waals surface area contributed by atoms with Crippen LogP contribution < -0.4 is 5.32 Å². The summed E-state index contributed by atoms with van der Waals surface area (Å²) in [6.07, 6.45) is 1.60. The molecule has 1 N–H and O–H groups in total. The second-order valence-corrected chi connectivity index (χ2v) is 6.15.